The van der Waals surface area contributed by atoms with Gasteiger partial charge in [-0.3, -0.25) is 9.69 Å². The molecule has 0 unspecified atom stereocenters. The molecule has 2 aromatic rings. The molecule has 1 heterocycles. The van der Waals surface area contributed by atoms with E-state index >= 15 is 0 Å². The van der Waals surface area contributed by atoms with E-state index in [1.54, 1.807) is 23.2 Å². The highest BCUT2D eigenvalue weighted by Crippen LogP contribution is 2.21. The van der Waals surface area contributed by atoms with Gasteiger partial charge < -0.3 is 9.52 Å². The third kappa shape index (κ3) is 4.13. The maximum absolute atomic E-state index is 12.9. The minimum absolute atomic E-state index is 0.0577. The topological polar surface area (TPSA) is 66.6 Å². The first-order chi connectivity index (χ1) is 9.95. The van der Waals surface area contributed by atoms with Crippen molar-refractivity contribution in [1.82, 2.24) is 9.88 Å². The fraction of sp³-hybridized carbons (Fsp3) is 0.333. The van der Waals surface area contributed by atoms with Crippen LogP contribution in [0.15, 0.2) is 34.9 Å². The Morgan fingerprint density at radius 3 is 2.62 bits per heavy atom. The summed E-state index contributed by atoms with van der Waals surface area (Å²) in [7, 11) is 0. The Hall–Kier alpha value is -2.21. The van der Waals surface area contributed by atoms with Crippen molar-refractivity contribution in [3.8, 4) is 11.3 Å². The van der Waals surface area contributed by atoms with Gasteiger partial charge in [-0.25, -0.2) is 9.37 Å². The Morgan fingerprint density at radius 1 is 1.38 bits per heavy atom. The fourth-order valence-electron chi connectivity index (χ4n) is 1.90. The number of aliphatic carboxylic acids is 1. The Morgan fingerprint density at radius 2 is 2.05 bits per heavy atom. The molecular formula is C15H17FN2O3. The molecule has 1 N–H and O–H groups in total. The van der Waals surface area contributed by atoms with Crippen molar-refractivity contribution < 1.29 is 18.7 Å². The van der Waals surface area contributed by atoms with Gasteiger partial charge in [0.05, 0.1) is 19.3 Å². The first kappa shape index (κ1) is 15.2. The highest BCUT2D eigenvalue weighted by molar-refractivity contribution is 5.69. The van der Waals surface area contributed by atoms with Gasteiger partial charge in [0, 0.05) is 11.6 Å². The second-order valence-electron chi connectivity index (χ2n) is 5.02. The molecule has 0 atom stereocenters. The molecule has 21 heavy (non-hydrogen) atoms. The molecule has 0 saturated carbocycles. The smallest absolute Gasteiger partial charge is 0.317 e. The number of carboxylic acid groups (broad SMARTS) is 1. The summed E-state index contributed by atoms with van der Waals surface area (Å²) in [5, 5.41) is 8.89. The van der Waals surface area contributed by atoms with Gasteiger partial charge in [-0.2, -0.15) is 0 Å². The predicted octanol–water partition coefficient (Wildman–Crippen LogP) is 2.78. The lowest BCUT2D eigenvalue weighted by Crippen LogP contribution is -2.35. The van der Waals surface area contributed by atoms with E-state index in [9.17, 15) is 9.18 Å². The van der Waals surface area contributed by atoms with E-state index in [1.165, 1.54) is 12.1 Å². The van der Waals surface area contributed by atoms with Crippen LogP contribution in [0.3, 0.4) is 0 Å². The van der Waals surface area contributed by atoms with Gasteiger partial charge in [0.25, 0.3) is 0 Å². The van der Waals surface area contributed by atoms with Crippen LogP contribution < -0.4 is 0 Å². The van der Waals surface area contributed by atoms with Crippen molar-refractivity contribution in [2.24, 2.45) is 0 Å². The summed E-state index contributed by atoms with van der Waals surface area (Å²) in [5.41, 5.74) is 0.726. The van der Waals surface area contributed by atoms with Gasteiger partial charge in [0.1, 0.15) is 5.82 Å². The van der Waals surface area contributed by atoms with Gasteiger partial charge in [-0.05, 0) is 38.1 Å². The van der Waals surface area contributed by atoms with Crippen LogP contribution in [0.1, 0.15) is 19.7 Å². The molecule has 0 aliphatic carbocycles. The quantitative estimate of drug-likeness (QED) is 0.886. The number of oxazole rings is 1. The van der Waals surface area contributed by atoms with Gasteiger partial charge in [-0.1, -0.05) is 0 Å². The van der Waals surface area contributed by atoms with Crippen LogP contribution in [0.25, 0.3) is 11.3 Å². The standard InChI is InChI=1S/C15H17FN2O3/c1-10(2)18(9-15(19)20)8-14-17-7-13(21-14)11-3-5-12(16)6-4-11/h3-7,10H,8-9H2,1-2H3,(H,19,20). The lowest BCUT2D eigenvalue weighted by Gasteiger charge is -2.22. The van der Waals surface area contributed by atoms with Crippen LogP contribution in [0.2, 0.25) is 0 Å². The number of hydrogen-bond donors (Lipinski definition) is 1. The molecule has 0 bridgehead atoms. The first-order valence-corrected chi connectivity index (χ1v) is 6.62. The lowest BCUT2D eigenvalue weighted by molar-refractivity contribution is -0.139. The predicted molar refractivity (Wildman–Crippen MR) is 75.1 cm³/mol. The Balaban J connectivity index is 2.11. The summed E-state index contributed by atoms with van der Waals surface area (Å²) in [5.74, 6) is -0.242. The molecule has 112 valence electrons. The summed E-state index contributed by atoms with van der Waals surface area (Å²) in [4.78, 5) is 16.7. The number of hydrogen-bond acceptors (Lipinski definition) is 4. The Labute approximate surface area is 122 Å². The highest BCUT2D eigenvalue weighted by atomic mass is 19.1. The molecule has 6 heteroatoms. The lowest BCUT2D eigenvalue weighted by atomic mass is 10.2. The van der Waals surface area contributed by atoms with E-state index in [0.29, 0.717) is 18.2 Å². The molecule has 0 saturated heterocycles. The van der Waals surface area contributed by atoms with Crippen LogP contribution in [0, 0.1) is 5.82 Å². The van der Waals surface area contributed by atoms with Crippen LogP contribution >= 0.6 is 0 Å². The van der Waals surface area contributed by atoms with Crippen molar-refractivity contribution in [2.45, 2.75) is 26.4 Å². The molecule has 1 aromatic heterocycles. The van der Waals surface area contributed by atoms with Crippen molar-refractivity contribution >= 4 is 5.97 Å². The van der Waals surface area contributed by atoms with Gasteiger partial charge >= 0.3 is 5.97 Å². The van der Waals surface area contributed by atoms with Crippen molar-refractivity contribution in [2.75, 3.05) is 6.54 Å². The van der Waals surface area contributed by atoms with Crippen LogP contribution in [0.5, 0.6) is 0 Å². The largest absolute Gasteiger partial charge is 0.480 e. The van der Waals surface area contributed by atoms with Crippen LogP contribution in [-0.4, -0.2) is 33.5 Å². The van der Waals surface area contributed by atoms with Crippen molar-refractivity contribution in [3.05, 3.63) is 42.2 Å². The second kappa shape index (κ2) is 6.49. The Bertz CT molecular complexity index is 608. The first-order valence-electron chi connectivity index (χ1n) is 6.62. The molecule has 0 aliphatic rings. The van der Waals surface area contributed by atoms with E-state index in [4.69, 9.17) is 9.52 Å². The number of nitrogens with zero attached hydrogens (tertiary/aromatic N) is 2. The van der Waals surface area contributed by atoms with E-state index < -0.39 is 5.97 Å². The maximum Gasteiger partial charge on any atom is 0.317 e. The number of halogens is 1. The molecule has 0 spiro atoms. The third-order valence-corrected chi connectivity index (χ3v) is 3.09. The SMILES string of the molecule is CC(C)N(CC(=O)O)Cc1ncc(-c2ccc(F)cc2)o1. The zero-order chi connectivity index (χ0) is 15.4. The second-order valence-corrected chi connectivity index (χ2v) is 5.02. The van der Waals surface area contributed by atoms with E-state index in [2.05, 4.69) is 4.98 Å². The minimum Gasteiger partial charge on any atom is -0.480 e. The molecule has 0 aliphatic heterocycles. The van der Waals surface area contributed by atoms with Crippen molar-refractivity contribution in [1.29, 1.82) is 0 Å². The zero-order valence-corrected chi connectivity index (χ0v) is 11.9. The van der Waals surface area contributed by atoms with E-state index in [-0.39, 0.29) is 18.4 Å². The average Bonchev–Trinajstić information content (AvgIpc) is 2.87. The summed E-state index contributed by atoms with van der Waals surface area (Å²) < 4.78 is 18.5. The molecule has 5 nitrogen and oxygen atoms in total. The summed E-state index contributed by atoms with van der Waals surface area (Å²) >= 11 is 0. The average molecular weight is 292 g/mol. The van der Waals surface area contributed by atoms with E-state index in [1.807, 2.05) is 13.8 Å². The number of rotatable bonds is 6. The summed E-state index contributed by atoms with van der Waals surface area (Å²) in [6.45, 7) is 4.05. The van der Waals surface area contributed by atoms with Gasteiger partial charge in [-0.15, -0.1) is 0 Å². The minimum atomic E-state index is -0.894. The monoisotopic (exact) mass is 292 g/mol. The molecule has 0 radical (unpaired) electrons. The molecule has 1 aromatic carbocycles. The highest BCUT2D eigenvalue weighted by Gasteiger charge is 2.17. The van der Waals surface area contributed by atoms with Crippen molar-refractivity contribution in [3.63, 3.8) is 0 Å². The van der Waals surface area contributed by atoms with Gasteiger partial charge in [0.15, 0.2) is 5.76 Å². The van der Waals surface area contributed by atoms with Gasteiger partial charge in [0.2, 0.25) is 5.89 Å². The molecular weight excluding hydrogens is 275 g/mol. The molecule has 2 rings (SSSR count). The summed E-state index contributed by atoms with van der Waals surface area (Å²) in [6.07, 6.45) is 1.56. The summed E-state index contributed by atoms with van der Waals surface area (Å²) in [6, 6.07) is 5.97. The fourth-order valence-corrected chi connectivity index (χ4v) is 1.90. The third-order valence-electron chi connectivity index (χ3n) is 3.09. The molecule has 0 amide bonds. The number of carbonyl (C=O) groups is 1. The van der Waals surface area contributed by atoms with Crippen LogP contribution in [-0.2, 0) is 11.3 Å². The normalized spacial score (nSPS) is 11.3. The van der Waals surface area contributed by atoms with Crippen LogP contribution in [0.4, 0.5) is 4.39 Å². The molecule has 0 fully saturated rings. The van der Waals surface area contributed by atoms with E-state index in [0.717, 1.165) is 5.56 Å². The maximum atomic E-state index is 12.9. The number of carboxylic acids is 1. The Kier molecular flexibility index (Phi) is 4.70. The number of aromatic nitrogens is 1. The number of benzene rings is 1. The zero-order valence-electron chi connectivity index (χ0n) is 11.9.